The van der Waals surface area contributed by atoms with Gasteiger partial charge in [-0.3, -0.25) is 4.79 Å². The topological polar surface area (TPSA) is 84.9 Å². The summed E-state index contributed by atoms with van der Waals surface area (Å²) in [6.45, 7) is 2.32. The molecule has 3 aromatic rings. The van der Waals surface area contributed by atoms with Crippen molar-refractivity contribution in [2.75, 3.05) is 32.9 Å². The van der Waals surface area contributed by atoms with Crippen LogP contribution in [0.1, 0.15) is 17.7 Å². The summed E-state index contributed by atoms with van der Waals surface area (Å²) in [5.74, 6) is 0.730. The molecule has 1 amide bonds. The van der Waals surface area contributed by atoms with Gasteiger partial charge in [0.25, 0.3) is 10.0 Å². The van der Waals surface area contributed by atoms with Gasteiger partial charge in [-0.05, 0) is 30.0 Å². The minimum atomic E-state index is -3.50. The quantitative estimate of drug-likeness (QED) is 0.481. The first-order valence-corrected chi connectivity index (χ1v) is 12.8. The molecule has 1 aliphatic heterocycles. The number of hydrogen-bond donors (Lipinski definition) is 1. The Hall–Kier alpha value is -2.46. The second kappa shape index (κ2) is 10.4. The van der Waals surface area contributed by atoms with Crippen LogP contribution in [0.15, 0.2) is 58.8 Å². The Balaban J connectivity index is 1.22. The van der Waals surface area contributed by atoms with Crippen molar-refractivity contribution < 1.29 is 22.7 Å². The number of thiophene rings is 1. The summed E-state index contributed by atoms with van der Waals surface area (Å²) in [7, 11) is -3.50. The lowest BCUT2D eigenvalue weighted by molar-refractivity contribution is -0.121. The highest BCUT2D eigenvalue weighted by molar-refractivity contribution is 7.91. The summed E-state index contributed by atoms with van der Waals surface area (Å²) >= 11 is 1.19. The molecule has 7 nitrogen and oxygen atoms in total. The third-order valence-corrected chi connectivity index (χ3v) is 8.67. The number of fused-ring (bicyclic) bond motifs is 1. The standard InChI is InChI=1S/C23H26N2O5S2/c26-22(9-4-14-30-21-8-3-6-18-5-1-2-7-20(18)21)24-17-19-10-11-23(31-19)32(27,28)25-12-15-29-16-13-25/h1-3,5-8,10-11H,4,9,12-17H2,(H,24,26). The summed E-state index contributed by atoms with van der Waals surface area (Å²) in [5, 5.41) is 5.03. The molecule has 0 aliphatic carbocycles. The molecule has 1 aliphatic rings. The summed E-state index contributed by atoms with van der Waals surface area (Å²) < 4.78 is 38.2. The fraction of sp³-hybridized carbons (Fsp3) is 0.348. The van der Waals surface area contributed by atoms with Crippen molar-refractivity contribution in [1.82, 2.24) is 9.62 Å². The van der Waals surface area contributed by atoms with E-state index in [1.807, 2.05) is 42.5 Å². The van der Waals surface area contributed by atoms with Crippen molar-refractivity contribution in [3.63, 3.8) is 0 Å². The van der Waals surface area contributed by atoms with Crippen LogP contribution in [0.25, 0.3) is 10.8 Å². The van der Waals surface area contributed by atoms with Crippen LogP contribution in [-0.2, 0) is 26.1 Å². The molecular formula is C23H26N2O5S2. The minimum Gasteiger partial charge on any atom is -0.493 e. The van der Waals surface area contributed by atoms with E-state index >= 15 is 0 Å². The van der Waals surface area contributed by atoms with Crippen molar-refractivity contribution >= 4 is 38.0 Å². The van der Waals surface area contributed by atoms with Crippen LogP contribution in [0.3, 0.4) is 0 Å². The maximum Gasteiger partial charge on any atom is 0.252 e. The van der Waals surface area contributed by atoms with Gasteiger partial charge in [0.2, 0.25) is 5.91 Å². The maximum atomic E-state index is 12.7. The lowest BCUT2D eigenvalue weighted by Crippen LogP contribution is -2.40. The predicted octanol–water partition coefficient (Wildman–Crippen LogP) is 3.40. The van der Waals surface area contributed by atoms with E-state index in [0.29, 0.717) is 56.5 Å². The third kappa shape index (κ3) is 5.47. The largest absolute Gasteiger partial charge is 0.493 e. The van der Waals surface area contributed by atoms with E-state index in [1.165, 1.54) is 15.6 Å². The molecule has 32 heavy (non-hydrogen) atoms. The van der Waals surface area contributed by atoms with Gasteiger partial charge in [0.1, 0.15) is 9.96 Å². The molecule has 0 bridgehead atoms. The van der Waals surface area contributed by atoms with E-state index in [0.717, 1.165) is 21.4 Å². The Morgan fingerprint density at radius 2 is 1.84 bits per heavy atom. The third-order valence-electron chi connectivity index (χ3n) is 5.22. The van der Waals surface area contributed by atoms with Gasteiger partial charge in [0.15, 0.2) is 0 Å². The second-order valence-corrected chi connectivity index (χ2v) is 10.8. The van der Waals surface area contributed by atoms with Gasteiger partial charge in [0, 0.05) is 29.8 Å². The van der Waals surface area contributed by atoms with Crippen LogP contribution in [0.4, 0.5) is 0 Å². The number of ether oxygens (including phenoxy) is 2. The molecule has 0 saturated carbocycles. The SMILES string of the molecule is O=C(CCCOc1cccc2ccccc12)NCc1ccc(S(=O)(=O)N2CCOCC2)s1. The Kier molecular flexibility index (Phi) is 7.41. The van der Waals surface area contributed by atoms with E-state index in [2.05, 4.69) is 5.32 Å². The van der Waals surface area contributed by atoms with E-state index < -0.39 is 10.0 Å². The first kappa shape index (κ1) is 22.7. The molecule has 0 spiro atoms. The lowest BCUT2D eigenvalue weighted by Gasteiger charge is -2.25. The zero-order valence-electron chi connectivity index (χ0n) is 17.7. The fourth-order valence-corrected chi connectivity index (χ4v) is 6.37. The number of hydrogen-bond acceptors (Lipinski definition) is 6. The number of rotatable bonds is 9. The Bertz CT molecular complexity index is 1160. The first-order chi connectivity index (χ1) is 15.5. The fourth-order valence-electron chi connectivity index (χ4n) is 3.52. The smallest absolute Gasteiger partial charge is 0.252 e. The van der Waals surface area contributed by atoms with Crippen LogP contribution in [-0.4, -0.2) is 51.5 Å². The van der Waals surface area contributed by atoms with Crippen LogP contribution < -0.4 is 10.1 Å². The molecule has 170 valence electrons. The number of sulfonamides is 1. The van der Waals surface area contributed by atoms with Gasteiger partial charge in [-0.25, -0.2) is 8.42 Å². The number of amides is 1. The molecule has 1 N–H and O–H groups in total. The highest BCUT2D eigenvalue weighted by Crippen LogP contribution is 2.26. The normalized spacial score (nSPS) is 15.0. The number of morpholine rings is 1. The van der Waals surface area contributed by atoms with E-state index in [-0.39, 0.29) is 5.91 Å². The number of nitrogens with zero attached hydrogens (tertiary/aromatic N) is 1. The van der Waals surface area contributed by atoms with Crippen molar-refractivity contribution in [2.24, 2.45) is 0 Å². The van der Waals surface area contributed by atoms with Crippen molar-refractivity contribution in [1.29, 1.82) is 0 Å². The molecule has 1 saturated heterocycles. The predicted molar refractivity (Wildman–Crippen MR) is 124 cm³/mol. The number of nitrogens with one attached hydrogen (secondary N) is 1. The number of carbonyl (C=O) groups is 1. The van der Waals surface area contributed by atoms with E-state index in [1.54, 1.807) is 12.1 Å². The number of carbonyl (C=O) groups excluding carboxylic acids is 1. The molecule has 0 unspecified atom stereocenters. The molecule has 2 aromatic carbocycles. The highest BCUT2D eigenvalue weighted by atomic mass is 32.2. The molecular weight excluding hydrogens is 448 g/mol. The van der Waals surface area contributed by atoms with E-state index in [4.69, 9.17) is 9.47 Å². The lowest BCUT2D eigenvalue weighted by atomic mass is 10.1. The summed E-state index contributed by atoms with van der Waals surface area (Å²) in [6, 6.07) is 17.3. The molecule has 0 atom stereocenters. The Labute approximate surface area is 192 Å². The van der Waals surface area contributed by atoms with Gasteiger partial charge in [0.05, 0.1) is 26.4 Å². The minimum absolute atomic E-state index is 0.0856. The zero-order valence-corrected chi connectivity index (χ0v) is 19.3. The van der Waals surface area contributed by atoms with Crippen LogP contribution in [0.5, 0.6) is 5.75 Å². The van der Waals surface area contributed by atoms with Crippen molar-refractivity contribution in [2.45, 2.75) is 23.6 Å². The molecule has 2 heterocycles. The highest BCUT2D eigenvalue weighted by Gasteiger charge is 2.27. The molecule has 1 aromatic heterocycles. The average Bonchev–Trinajstić information content (AvgIpc) is 3.31. The Morgan fingerprint density at radius 1 is 1.06 bits per heavy atom. The molecule has 4 rings (SSSR count). The van der Waals surface area contributed by atoms with E-state index in [9.17, 15) is 13.2 Å². The zero-order chi connectivity index (χ0) is 22.4. The van der Waals surface area contributed by atoms with Gasteiger partial charge in [-0.15, -0.1) is 11.3 Å². The van der Waals surface area contributed by atoms with Gasteiger partial charge >= 0.3 is 0 Å². The molecule has 0 radical (unpaired) electrons. The first-order valence-electron chi connectivity index (χ1n) is 10.6. The van der Waals surface area contributed by atoms with Crippen LogP contribution in [0.2, 0.25) is 0 Å². The van der Waals surface area contributed by atoms with Crippen molar-refractivity contribution in [3.8, 4) is 5.75 Å². The average molecular weight is 475 g/mol. The summed E-state index contributed by atoms with van der Waals surface area (Å²) in [6.07, 6.45) is 0.936. The monoisotopic (exact) mass is 474 g/mol. The molecule has 9 heteroatoms. The Morgan fingerprint density at radius 3 is 2.69 bits per heavy atom. The summed E-state index contributed by atoms with van der Waals surface area (Å²) in [5.41, 5.74) is 0. The molecule has 1 fully saturated rings. The van der Waals surface area contributed by atoms with Gasteiger partial charge in [-0.2, -0.15) is 4.31 Å². The van der Waals surface area contributed by atoms with Gasteiger partial charge < -0.3 is 14.8 Å². The number of benzene rings is 2. The van der Waals surface area contributed by atoms with Gasteiger partial charge in [-0.1, -0.05) is 36.4 Å². The van der Waals surface area contributed by atoms with Crippen LogP contribution >= 0.6 is 11.3 Å². The maximum absolute atomic E-state index is 12.7. The second-order valence-electron chi connectivity index (χ2n) is 7.44. The summed E-state index contributed by atoms with van der Waals surface area (Å²) in [4.78, 5) is 13.0. The van der Waals surface area contributed by atoms with Crippen molar-refractivity contribution in [3.05, 3.63) is 59.5 Å². The van der Waals surface area contributed by atoms with Crippen LogP contribution in [0, 0.1) is 0 Å².